The molecule has 0 aromatic heterocycles. The molecule has 17 heavy (non-hydrogen) atoms. The second-order valence-electron chi connectivity index (χ2n) is 3.38. The van der Waals surface area contributed by atoms with E-state index in [1.807, 2.05) is 0 Å². The monoisotopic (exact) mass is 303 g/mol. The van der Waals surface area contributed by atoms with E-state index in [-0.39, 0.29) is 18.5 Å². The Morgan fingerprint density at radius 1 is 1.41 bits per heavy atom. The van der Waals surface area contributed by atoms with Crippen LogP contribution in [0.2, 0.25) is 0 Å². The number of amides is 1. The summed E-state index contributed by atoms with van der Waals surface area (Å²) in [7, 11) is 0. The van der Waals surface area contributed by atoms with Gasteiger partial charge in [-0.3, -0.25) is 9.59 Å². The number of benzene rings is 1. The van der Waals surface area contributed by atoms with Crippen LogP contribution in [0.3, 0.4) is 0 Å². The normalized spacial score (nSPS) is 10.0. The molecule has 92 valence electrons. The van der Waals surface area contributed by atoms with Crippen molar-refractivity contribution in [2.45, 2.75) is 12.8 Å². The molecule has 0 bridgehead atoms. The fourth-order valence-electron chi connectivity index (χ4n) is 1.21. The van der Waals surface area contributed by atoms with Crippen LogP contribution in [0.1, 0.15) is 23.2 Å². The lowest BCUT2D eigenvalue weighted by atomic mass is 10.2. The molecule has 0 saturated carbocycles. The number of hydrogen-bond donors (Lipinski definition) is 2. The van der Waals surface area contributed by atoms with Crippen LogP contribution in [0, 0.1) is 5.82 Å². The second-order valence-corrected chi connectivity index (χ2v) is 4.23. The lowest BCUT2D eigenvalue weighted by Gasteiger charge is -2.06. The van der Waals surface area contributed by atoms with Crippen molar-refractivity contribution in [3.63, 3.8) is 0 Å². The molecule has 1 amide bonds. The van der Waals surface area contributed by atoms with Gasteiger partial charge in [-0.2, -0.15) is 0 Å². The third kappa shape index (κ3) is 4.52. The Balaban J connectivity index is 2.52. The minimum atomic E-state index is -0.911. The molecule has 2 N–H and O–H groups in total. The highest BCUT2D eigenvalue weighted by molar-refractivity contribution is 9.10. The fraction of sp³-hybridized carbons (Fsp3) is 0.273. The van der Waals surface area contributed by atoms with Gasteiger partial charge in [-0.1, -0.05) is 0 Å². The van der Waals surface area contributed by atoms with Gasteiger partial charge in [0.2, 0.25) is 0 Å². The third-order valence-electron chi connectivity index (χ3n) is 2.03. The average Bonchev–Trinajstić information content (AvgIpc) is 2.27. The molecule has 0 aliphatic heterocycles. The number of hydrogen-bond acceptors (Lipinski definition) is 2. The average molecular weight is 304 g/mol. The maximum absolute atomic E-state index is 12.9. The molecule has 0 spiro atoms. The molecule has 0 heterocycles. The number of carboxylic acid groups (broad SMARTS) is 1. The molecule has 6 heteroatoms. The van der Waals surface area contributed by atoms with Crippen molar-refractivity contribution in [2.75, 3.05) is 6.54 Å². The first-order valence-electron chi connectivity index (χ1n) is 4.95. The molecule has 0 fully saturated rings. The molecule has 0 atom stereocenters. The highest BCUT2D eigenvalue weighted by Crippen LogP contribution is 2.17. The lowest BCUT2D eigenvalue weighted by molar-refractivity contribution is -0.137. The van der Waals surface area contributed by atoms with Crippen LogP contribution in [-0.2, 0) is 4.79 Å². The molecule has 0 saturated heterocycles. The summed E-state index contributed by atoms with van der Waals surface area (Å²) in [6, 6.07) is 3.81. The van der Waals surface area contributed by atoms with E-state index in [9.17, 15) is 14.0 Å². The molecule has 0 radical (unpaired) electrons. The predicted molar refractivity (Wildman–Crippen MR) is 63.3 cm³/mol. The van der Waals surface area contributed by atoms with E-state index in [0.717, 1.165) is 6.07 Å². The molecule has 1 aromatic rings. The SMILES string of the molecule is O=C(O)CCCNC(=O)c1cc(F)ccc1Br. The molecule has 4 nitrogen and oxygen atoms in total. The summed E-state index contributed by atoms with van der Waals surface area (Å²) >= 11 is 3.14. The first kappa shape index (κ1) is 13.6. The van der Waals surface area contributed by atoms with Gasteiger partial charge in [0.25, 0.3) is 5.91 Å². The van der Waals surface area contributed by atoms with Gasteiger partial charge in [0.05, 0.1) is 5.56 Å². The van der Waals surface area contributed by atoms with Crippen molar-refractivity contribution in [3.8, 4) is 0 Å². The number of nitrogens with one attached hydrogen (secondary N) is 1. The van der Waals surface area contributed by atoms with E-state index in [1.165, 1.54) is 12.1 Å². The van der Waals surface area contributed by atoms with Crippen LogP contribution in [0.4, 0.5) is 4.39 Å². The summed E-state index contributed by atoms with van der Waals surface area (Å²) in [5.74, 6) is -1.84. The van der Waals surface area contributed by atoms with Gasteiger partial charge in [0, 0.05) is 17.4 Å². The van der Waals surface area contributed by atoms with Crippen molar-refractivity contribution < 1.29 is 19.1 Å². The maximum Gasteiger partial charge on any atom is 0.303 e. The summed E-state index contributed by atoms with van der Waals surface area (Å²) in [5, 5.41) is 10.9. The molecular formula is C11H11BrFNO3. The van der Waals surface area contributed by atoms with Gasteiger partial charge in [0.1, 0.15) is 5.82 Å². The topological polar surface area (TPSA) is 66.4 Å². The minimum Gasteiger partial charge on any atom is -0.481 e. The summed E-state index contributed by atoms with van der Waals surface area (Å²) in [6.07, 6.45) is 0.332. The maximum atomic E-state index is 12.9. The number of carboxylic acids is 1. The Hall–Kier alpha value is -1.43. The van der Waals surface area contributed by atoms with Gasteiger partial charge >= 0.3 is 5.97 Å². The van der Waals surface area contributed by atoms with Crippen molar-refractivity contribution in [1.82, 2.24) is 5.32 Å². The summed E-state index contributed by atoms with van der Waals surface area (Å²) in [6.45, 7) is 0.244. The smallest absolute Gasteiger partial charge is 0.303 e. The largest absolute Gasteiger partial charge is 0.481 e. The van der Waals surface area contributed by atoms with Gasteiger partial charge in [-0.05, 0) is 40.5 Å². The van der Waals surface area contributed by atoms with Crippen LogP contribution in [0.25, 0.3) is 0 Å². The molecular weight excluding hydrogens is 293 g/mol. The Bertz CT molecular complexity index is 437. The zero-order valence-electron chi connectivity index (χ0n) is 8.87. The van der Waals surface area contributed by atoms with Gasteiger partial charge < -0.3 is 10.4 Å². The van der Waals surface area contributed by atoms with E-state index < -0.39 is 17.7 Å². The van der Waals surface area contributed by atoms with Gasteiger partial charge in [-0.25, -0.2) is 4.39 Å². The Kier molecular flexibility index (Phi) is 5.09. The van der Waals surface area contributed by atoms with Crippen molar-refractivity contribution in [1.29, 1.82) is 0 Å². The number of halogens is 2. The number of carbonyl (C=O) groups is 2. The Morgan fingerprint density at radius 3 is 2.76 bits per heavy atom. The molecule has 0 unspecified atom stereocenters. The van der Waals surface area contributed by atoms with Crippen molar-refractivity contribution in [2.24, 2.45) is 0 Å². The molecule has 0 aliphatic carbocycles. The van der Waals surface area contributed by atoms with Crippen LogP contribution in [0.5, 0.6) is 0 Å². The van der Waals surface area contributed by atoms with Crippen LogP contribution >= 0.6 is 15.9 Å². The quantitative estimate of drug-likeness (QED) is 0.819. The van der Waals surface area contributed by atoms with Crippen LogP contribution < -0.4 is 5.32 Å². The van der Waals surface area contributed by atoms with E-state index in [4.69, 9.17) is 5.11 Å². The summed E-state index contributed by atoms with van der Waals surface area (Å²) < 4.78 is 13.4. The van der Waals surface area contributed by atoms with Crippen molar-refractivity contribution >= 4 is 27.8 Å². The first-order chi connectivity index (χ1) is 8.00. The minimum absolute atomic E-state index is 0.00932. The van der Waals surface area contributed by atoms with E-state index in [1.54, 1.807) is 0 Å². The number of rotatable bonds is 5. The number of aliphatic carboxylic acids is 1. The molecule has 1 aromatic carbocycles. The zero-order chi connectivity index (χ0) is 12.8. The Morgan fingerprint density at radius 2 is 2.12 bits per heavy atom. The zero-order valence-corrected chi connectivity index (χ0v) is 10.5. The molecule has 1 rings (SSSR count). The third-order valence-corrected chi connectivity index (χ3v) is 2.72. The highest BCUT2D eigenvalue weighted by Gasteiger charge is 2.10. The van der Waals surface area contributed by atoms with Crippen LogP contribution in [-0.4, -0.2) is 23.5 Å². The first-order valence-corrected chi connectivity index (χ1v) is 5.75. The number of carbonyl (C=O) groups excluding carboxylic acids is 1. The van der Waals surface area contributed by atoms with Gasteiger partial charge in [0.15, 0.2) is 0 Å². The predicted octanol–water partition coefficient (Wildman–Crippen LogP) is 2.18. The summed E-state index contributed by atoms with van der Waals surface area (Å²) in [4.78, 5) is 21.9. The highest BCUT2D eigenvalue weighted by atomic mass is 79.9. The second kappa shape index (κ2) is 6.34. The molecule has 0 aliphatic rings. The fourth-order valence-corrected chi connectivity index (χ4v) is 1.63. The van der Waals surface area contributed by atoms with E-state index in [0.29, 0.717) is 10.9 Å². The lowest BCUT2D eigenvalue weighted by Crippen LogP contribution is -2.25. The van der Waals surface area contributed by atoms with Crippen LogP contribution in [0.15, 0.2) is 22.7 Å². The van der Waals surface area contributed by atoms with Gasteiger partial charge in [-0.15, -0.1) is 0 Å². The van der Waals surface area contributed by atoms with E-state index >= 15 is 0 Å². The van der Waals surface area contributed by atoms with Crippen molar-refractivity contribution in [3.05, 3.63) is 34.1 Å². The summed E-state index contributed by atoms with van der Waals surface area (Å²) in [5.41, 5.74) is 0.195. The Labute approximate surface area is 106 Å². The standard InChI is InChI=1S/C11H11BrFNO3/c12-9-4-3-7(13)6-8(9)11(17)14-5-1-2-10(15)16/h3-4,6H,1-2,5H2,(H,14,17)(H,15,16). The van der Waals surface area contributed by atoms with E-state index in [2.05, 4.69) is 21.2 Å².